The van der Waals surface area contributed by atoms with Crippen molar-refractivity contribution in [2.75, 3.05) is 6.54 Å². The first-order valence-corrected chi connectivity index (χ1v) is 8.80. The lowest BCUT2D eigenvalue weighted by Crippen LogP contribution is -2.35. The van der Waals surface area contributed by atoms with Crippen LogP contribution in [0, 0.1) is 10.1 Å². The minimum atomic E-state index is -0.598. The van der Waals surface area contributed by atoms with Crippen molar-refractivity contribution in [1.82, 2.24) is 5.32 Å². The molecule has 0 aliphatic heterocycles. The summed E-state index contributed by atoms with van der Waals surface area (Å²) < 4.78 is 5.52. The maximum atomic E-state index is 12.3. The summed E-state index contributed by atoms with van der Waals surface area (Å²) >= 11 is 0. The molecule has 0 spiro atoms. The van der Waals surface area contributed by atoms with Crippen LogP contribution in [0.5, 0.6) is 0 Å². The van der Waals surface area contributed by atoms with Crippen LogP contribution in [0.3, 0.4) is 0 Å². The van der Waals surface area contributed by atoms with Crippen molar-refractivity contribution in [3.05, 3.63) is 75.8 Å². The number of nitrogens with zero attached hydrogens (tertiary/aromatic N) is 1. The lowest BCUT2D eigenvalue weighted by molar-refractivity contribution is -0.385. The summed E-state index contributed by atoms with van der Waals surface area (Å²) in [6.45, 7) is 2.10. The van der Waals surface area contributed by atoms with Crippen LogP contribution in [0.2, 0.25) is 0 Å². The van der Waals surface area contributed by atoms with E-state index in [1.807, 2.05) is 6.92 Å². The van der Waals surface area contributed by atoms with Crippen molar-refractivity contribution in [1.29, 1.82) is 0 Å². The van der Waals surface area contributed by atoms with Crippen LogP contribution in [0.15, 0.2) is 54.6 Å². The zero-order valence-electron chi connectivity index (χ0n) is 15.1. The quantitative estimate of drug-likeness (QED) is 0.412. The highest BCUT2D eigenvalue weighted by Crippen LogP contribution is 2.17. The van der Waals surface area contributed by atoms with Gasteiger partial charge in [0.1, 0.15) is 11.7 Å². The summed E-state index contributed by atoms with van der Waals surface area (Å²) in [6, 6.07) is 14.3. The Bertz CT molecular complexity index is 792. The summed E-state index contributed by atoms with van der Waals surface area (Å²) in [4.78, 5) is 35.1. The van der Waals surface area contributed by atoms with E-state index in [2.05, 4.69) is 5.32 Å². The lowest BCUT2D eigenvalue weighted by Gasteiger charge is -2.18. The van der Waals surface area contributed by atoms with E-state index in [1.54, 1.807) is 36.4 Å². The molecule has 142 valence electrons. The largest absolute Gasteiger partial charge is 0.457 e. The smallest absolute Gasteiger partial charge is 0.338 e. The van der Waals surface area contributed by atoms with Gasteiger partial charge in [0.25, 0.3) is 11.6 Å². The lowest BCUT2D eigenvalue weighted by atomic mass is 10.1. The number of nitro benzene ring substituents is 1. The minimum Gasteiger partial charge on any atom is -0.457 e. The fourth-order valence-corrected chi connectivity index (χ4v) is 2.55. The number of carbonyl (C=O) groups excluding carboxylic acids is 2. The van der Waals surface area contributed by atoms with Crippen molar-refractivity contribution >= 4 is 17.6 Å². The molecule has 7 heteroatoms. The van der Waals surface area contributed by atoms with E-state index in [0.717, 1.165) is 12.8 Å². The Balaban J connectivity index is 2.02. The van der Waals surface area contributed by atoms with Crippen LogP contribution < -0.4 is 5.32 Å². The number of hydrogen-bond acceptors (Lipinski definition) is 5. The molecule has 1 amide bonds. The average Bonchev–Trinajstić information content (AvgIpc) is 2.70. The molecule has 0 unspecified atom stereocenters. The van der Waals surface area contributed by atoms with Gasteiger partial charge in [-0.25, -0.2) is 4.79 Å². The summed E-state index contributed by atoms with van der Waals surface area (Å²) in [7, 11) is 0. The van der Waals surface area contributed by atoms with Crippen LogP contribution in [0.4, 0.5) is 5.69 Å². The first kappa shape index (κ1) is 20.1. The highest BCUT2D eigenvalue weighted by molar-refractivity contribution is 5.98. The van der Waals surface area contributed by atoms with Crippen molar-refractivity contribution in [2.24, 2.45) is 0 Å². The predicted octanol–water partition coefficient (Wildman–Crippen LogP) is 3.74. The fraction of sp³-hybridized carbons (Fsp3) is 0.300. The molecule has 0 aliphatic rings. The van der Waals surface area contributed by atoms with Crippen LogP contribution in [0.25, 0.3) is 0 Å². The zero-order chi connectivity index (χ0) is 19.6. The van der Waals surface area contributed by atoms with E-state index < -0.39 is 22.9 Å². The van der Waals surface area contributed by atoms with Gasteiger partial charge in [0.15, 0.2) is 0 Å². The van der Waals surface area contributed by atoms with Crippen molar-refractivity contribution in [3.8, 4) is 0 Å². The van der Waals surface area contributed by atoms with Gasteiger partial charge < -0.3 is 10.1 Å². The molecule has 0 radical (unpaired) electrons. The molecule has 2 aromatic rings. The maximum absolute atomic E-state index is 12.3. The molecule has 2 aromatic carbocycles. The van der Waals surface area contributed by atoms with E-state index in [0.29, 0.717) is 12.0 Å². The molecule has 0 saturated carbocycles. The topological polar surface area (TPSA) is 98.5 Å². The van der Waals surface area contributed by atoms with E-state index in [-0.39, 0.29) is 17.8 Å². The van der Waals surface area contributed by atoms with Gasteiger partial charge in [-0.3, -0.25) is 14.9 Å². The van der Waals surface area contributed by atoms with Gasteiger partial charge in [0.2, 0.25) is 0 Å². The number of nitrogens with one attached hydrogen (secondary N) is 1. The third-order valence-electron chi connectivity index (χ3n) is 4.00. The Hall–Kier alpha value is -3.22. The number of hydrogen-bond donors (Lipinski definition) is 1. The SMILES string of the molecule is CCCC[C@@H](CNC(=O)c1ccccc1[N+](=O)[O-])OC(=O)c1ccccc1. The Morgan fingerprint density at radius 2 is 1.78 bits per heavy atom. The number of rotatable bonds is 9. The van der Waals surface area contributed by atoms with Crippen LogP contribution in [-0.4, -0.2) is 29.4 Å². The zero-order valence-corrected chi connectivity index (χ0v) is 15.1. The van der Waals surface area contributed by atoms with Crippen LogP contribution >= 0.6 is 0 Å². The van der Waals surface area contributed by atoms with E-state index >= 15 is 0 Å². The van der Waals surface area contributed by atoms with E-state index in [4.69, 9.17) is 4.74 Å². The Kier molecular flexibility index (Phi) is 7.49. The van der Waals surface area contributed by atoms with Gasteiger partial charge in [-0.15, -0.1) is 0 Å². The number of benzene rings is 2. The molecule has 7 nitrogen and oxygen atoms in total. The van der Waals surface area contributed by atoms with Crippen LogP contribution in [0.1, 0.15) is 46.9 Å². The van der Waals surface area contributed by atoms with E-state index in [9.17, 15) is 19.7 Å². The first-order chi connectivity index (χ1) is 13.0. The second-order valence-electron chi connectivity index (χ2n) is 6.02. The Morgan fingerprint density at radius 3 is 2.44 bits per heavy atom. The Morgan fingerprint density at radius 1 is 1.11 bits per heavy atom. The number of unbranched alkanes of at least 4 members (excludes halogenated alkanes) is 1. The van der Waals surface area contributed by atoms with Crippen molar-refractivity contribution in [3.63, 3.8) is 0 Å². The van der Waals surface area contributed by atoms with Gasteiger partial charge in [0.05, 0.1) is 17.0 Å². The molecule has 0 aromatic heterocycles. The summed E-state index contributed by atoms with van der Waals surface area (Å²) in [5.41, 5.74) is 0.150. The molecule has 1 atom stereocenters. The molecule has 2 rings (SSSR count). The second kappa shape index (κ2) is 10.1. The first-order valence-electron chi connectivity index (χ1n) is 8.80. The minimum absolute atomic E-state index is 0.0221. The van der Waals surface area contributed by atoms with Gasteiger partial charge in [-0.2, -0.15) is 0 Å². The molecular formula is C20H22N2O5. The summed E-state index contributed by atoms with van der Waals surface area (Å²) in [5, 5.41) is 13.7. The molecule has 27 heavy (non-hydrogen) atoms. The average molecular weight is 370 g/mol. The highest BCUT2D eigenvalue weighted by atomic mass is 16.6. The van der Waals surface area contributed by atoms with Gasteiger partial charge in [-0.1, -0.05) is 43.7 Å². The van der Waals surface area contributed by atoms with Crippen molar-refractivity contribution in [2.45, 2.75) is 32.3 Å². The number of amides is 1. The molecule has 0 aliphatic carbocycles. The van der Waals surface area contributed by atoms with Crippen LogP contribution in [-0.2, 0) is 4.74 Å². The van der Waals surface area contributed by atoms with Gasteiger partial charge in [-0.05, 0) is 31.0 Å². The fourth-order valence-electron chi connectivity index (χ4n) is 2.55. The molecular weight excluding hydrogens is 348 g/mol. The number of esters is 1. The van der Waals surface area contributed by atoms with E-state index in [1.165, 1.54) is 18.2 Å². The maximum Gasteiger partial charge on any atom is 0.338 e. The Labute approximate surface area is 157 Å². The van der Waals surface area contributed by atoms with Gasteiger partial charge in [0, 0.05) is 6.07 Å². The van der Waals surface area contributed by atoms with Gasteiger partial charge >= 0.3 is 5.97 Å². The highest BCUT2D eigenvalue weighted by Gasteiger charge is 2.21. The normalized spacial score (nSPS) is 11.4. The number of ether oxygens (including phenoxy) is 1. The second-order valence-corrected chi connectivity index (χ2v) is 6.02. The molecule has 0 fully saturated rings. The number of carbonyl (C=O) groups is 2. The molecule has 0 bridgehead atoms. The number of nitro groups is 1. The van der Waals surface area contributed by atoms with Crippen molar-refractivity contribution < 1.29 is 19.2 Å². The predicted molar refractivity (Wildman–Crippen MR) is 101 cm³/mol. The summed E-state index contributed by atoms with van der Waals surface area (Å²) in [5.74, 6) is -1.03. The standard InChI is InChI=1S/C20H22N2O5/c1-2-3-11-16(27-20(24)15-9-5-4-6-10-15)14-21-19(23)17-12-7-8-13-18(17)22(25)26/h4-10,12-13,16H,2-3,11,14H2,1H3,(H,21,23)/t16-/m0/s1. The molecule has 1 N–H and O–H groups in total. The molecule has 0 heterocycles. The third kappa shape index (κ3) is 5.91. The number of para-hydroxylation sites is 1. The summed E-state index contributed by atoms with van der Waals surface area (Å²) in [6.07, 6.45) is 1.82. The third-order valence-corrected chi connectivity index (χ3v) is 4.00. The monoisotopic (exact) mass is 370 g/mol. The molecule has 0 saturated heterocycles.